The van der Waals surface area contributed by atoms with E-state index >= 15 is 0 Å². The molecule has 0 spiro atoms. The molecule has 0 aliphatic carbocycles. The number of hydrogen-bond acceptors (Lipinski definition) is 4. The second kappa shape index (κ2) is 7.11. The highest BCUT2D eigenvalue weighted by Crippen LogP contribution is 2.37. The molecular weight excluding hydrogens is 304 g/mol. The molecule has 0 bridgehead atoms. The van der Waals surface area contributed by atoms with E-state index < -0.39 is 5.60 Å². The van der Waals surface area contributed by atoms with Crippen LogP contribution in [-0.2, 0) is 10.4 Å². The Morgan fingerprint density at radius 1 is 1.38 bits per heavy atom. The number of piperidine rings is 1. The molecule has 1 fully saturated rings. The number of nitrogens with zero attached hydrogens (tertiary/aromatic N) is 1. The molecule has 0 radical (unpaired) electrons. The van der Waals surface area contributed by atoms with Crippen molar-refractivity contribution < 1.29 is 14.6 Å². The largest absolute Gasteiger partial charge is 0.497 e. The third-order valence-corrected chi connectivity index (χ3v) is 4.63. The lowest BCUT2D eigenvalue weighted by Gasteiger charge is -2.43. The van der Waals surface area contributed by atoms with Crippen LogP contribution in [0, 0.1) is 5.92 Å². The van der Waals surface area contributed by atoms with E-state index in [9.17, 15) is 9.90 Å². The van der Waals surface area contributed by atoms with Gasteiger partial charge in [-0.1, -0.05) is 19.1 Å². The van der Waals surface area contributed by atoms with Crippen LogP contribution < -0.4 is 10.1 Å². The second-order valence-corrected chi connectivity index (χ2v) is 7.84. The number of hydrogen-bond donors (Lipinski definition) is 2. The van der Waals surface area contributed by atoms with Crippen LogP contribution in [0.4, 0.5) is 0 Å². The van der Waals surface area contributed by atoms with Gasteiger partial charge in [0.1, 0.15) is 5.75 Å². The number of methoxy groups -OCH3 is 1. The monoisotopic (exact) mass is 334 g/mol. The molecule has 2 atom stereocenters. The lowest BCUT2D eigenvalue weighted by molar-refractivity contribution is -0.126. The van der Waals surface area contributed by atoms with E-state index in [1.165, 1.54) is 0 Å². The van der Waals surface area contributed by atoms with Crippen LogP contribution in [0.3, 0.4) is 0 Å². The van der Waals surface area contributed by atoms with E-state index in [0.717, 1.165) is 11.3 Å². The van der Waals surface area contributed by atoms with E-state index in [-0.39, 0.29) is 17.4 Å². The maximum Gasteiger partial charge on any atom is 0.234 e. The fraction of sp³-hybridized carbons (Fsp3) is 0.632. The molecule has 2 rings (SSSR count). The molecule has 0 saturated carbocycles. The number of rotatable bonds is 4. The summed E-state index contributed by atoms with van der Waals surface area (Å²) in [4.78, 5) is 14.2. The van der Waals surface area contributed by atoms with Crippen LogP contribution in [0.15, 0.2) is 24.3 Å². The zero-order valence-corrected chi connectivity index (χ0v) is 15.4. The summed E-state index contributed by atoms with van der Waals surface area (Å²) in [6.07, 6.45) is 0.614. The van der Waals surface area contributed by atoms with Crippen LogP contribution >= 0.6 is 0 Å². The summed E-state index contributed by atoms with van der Waals surface area (Å²) in [5.74, 6) is 0.859. The first-order valence-corrected chi connectivity index (χ1v) is 8.54. The van der Waals surface area contributed by atoms with Crippen molar-refractivity contribution in [2.75, 3.05) is 26.7 Å². The Morgan fingerprint density at radius 3 is 2.50 bits per heavy atom. The summed E-state index contributed by atoms with van der Waals surface area (Å²) in [6, 6.07) is 7.61. The van der Waals surface area contributed by atoms with Gasteiger partial charge in [-0.25, -0.2) is 0 Å². The van der Waals surface area contributed by atoms with Gasteiger partial charge in [0.2, 0.25) is 5.91 Å². The first-order chi connectivity index (χ1) is 11.1. The van der Waals surface area contributed by atoms with Crippen molar-refractivity contribution in [1.29, 1.82) is 0 Å². The molecule has 1 aromatic carbocycles. The molecule has 0 aromatic heterocycles. The van der Waals surface area contributed by atoms with Crippen LogP contribution in [0.5, 0.6) is 5.75 Å². The number of benzene rings is 1. The fourth-order valence-electron chi connectivity index (χ4n) is 3.32. The van der Waals surface area contributed by atoms with E-state index in [1.54, 1.807) is 7.11 Å². The normalized spacial score (nSPS) is 25.3. The van der Waals surface area contributed by atoms with Gasteiger partial charge < -0.3 is 15.2 Å². The molecule has 5 heteroatoms. The average molecular weight is 334 g/mol. The molecular formula is C19H30N2O3. The van der Waals surface area contributed by atoms with Gasteiger partial charge in [0.25, 0.3) is 0 Å². The highest BCUT2D eigenvalue weighted by atomic mass is 16.5. The van der Waals surface area contributed by atoms with E-state index in [4.69, 9.17) is 4.74 Å². The first kappa shape index (κ1) is 18.7. The topological polar surface area (TPSA) is 61.8 Å². The van der Waals surface area contributed by atoms with Gasteiger partial charge in [-0.2, -0.15) is 0 Å². The number of ether oxygens (including phenoxy) is 1. The number of nitrogens with one attached hydrogen (secondary N) is 1. The minimum atomic E-state index is -0.858. The molecule has 0 unspecified atom stereocenters. The number of amides is 1. The Balaban J connectivity index is 2.00. The lowest BCUT2D eigenvalue weighted by Crippen LogP contribution is -2.52. The lowest BCUT2D eigenvalue weighted by atomic mass is 9.77. The zero-order chi connectivity index (χ0) is 18.0. The zero-order valence-electron chi connectivity index (χ0n) is 15.4. The van der Waals surface area contributed by atoms with Crippen molar-refractivity contribution in [3.05, 3.63) is 29.8 Å². The summed E-state index contributed by atoms with van der Waals surface area (Å²) in [5, 5.41) is 14.1. The van der Waals surface area contributed by atoms with Crippen LogP contribution in [0.2, 0.25) is 0 Å². The molecule has 24 heavy (non-hydrogen) atoms. The molecule has 5 nitrogen and oxygen atoms in total. The standard InChI is InChI=1S/C19H30N2O3/c1-14-12-21(13-17(22)20-18(2,3)4)11-10-19(14,23)15-6-8-16(24-5)9-7-15/h6-9,14,23H,10-13H2,1-5H3,(H,20,22)/t14-,19+/m0/s1. The van der Waals surface area contributed by atoms with Crippen molar-refractivity contribution in [3.63, 3.8) is 0 Å². The van der Waals surface area contributed by atoms with Gasteiger partial charge in [0.15, 0.2) is 0 Å². The number of carbonyl (C=O) groups is 1. The Kier molecular flexibility index (Phi) is 5.56. The summed E-state index contributed by atoms with van der Waals surface area (Å²) in [5.41, 5.74) is -0.166. The quantitative estimate of drug-likeness (QED) is 0.886. The van der Waals surface area contributed by atoms with Crippen LogP contribution in [0.25, 0.3) is 0 Å². The summed E-state index contributed by atoms with van der Waals surface area (Å²) < 4.78 is 5.18. The van der Waals surface area contributed by atoms with Crippen molar-refractivity contribution >= 4 is 5.91 Å². The molecule has 1 amide bonds. The van der Waals surface area contributed by atoms with Crippen molar-refractivity contribution in [2.24, 2.45) is 5.92 Å². The van der Waals surface area contributed by atoms with E-state index in [1.807, 2.05) is 52.0 Å². The summed E-state index contributed by atoms with van der Waals surface area (Å²) in [7, 11) is 1.63. The summed E-state index contributed by atoms with van der Waals surface area (Å²) >= 11 is 0. The number of aliphatic hydroxyl groups is 1. The Hall–Kier alpha value is -1.59. The Labute approximate surface area is 145 Å². The van der Waals surface area contributed by atoms with Crippen molar-refractivity contribution in [2.45, 2.75) is 45.3 Å². The number of carbonyl (C=O) groups excluding carboxylic acids is 1. The average Bonchev–Trinajstić information content (AvgIpc) is 2.49. The Morgan fingerprint density at radius 2 is 2.00 bits per heavy atom. The molecule has 134 valence electrons. The van der Waals surface area contributed by atoms with Gasteiger partial charge in [-0.05, 0) is 44.9 Å². The second-order valence-electron chi connectivity index (χ2n) is 7.84. The smallest absolute Gasteiger partial charge is 0.234 e. The van der Waals surface area contributed by atoms with Crippen molar-refractivity contribution in [1.82, 2.24) is 10.2 Å². The molecule has 1 saturated heterocycles. The molecule has 1 heterocycles. The highest BCUT2D eigenvalue weighted by molar-refractivity contribution is 5.78. The molecule has 1 aromatic rings. The molecule has 1 aliphatic heterocycles. The summed E-state index contributed by atoms with van der Waals surface area (Å²) in [6.45, 7) is 9.74. The first-order valence-electron chi connectivity index (χ1n) is 8.54. The minimum Gasteiger partial charge on any atom is -0.497 e. The predicted octanol–water partition coefficient (Wildman–Crippen LogP) is 2.14. The molecule has 1 aliphatic rings. The van der Waals surface area contributed by atoms with Gasteiger partial charge in [0, 0.05) is 24.5 Å². The van der Waals surface area contributed by atoms with Gasteiger partial charge in [-0.15, -0.1) is 0 Å². The van der Waals surface area contributed by atoms with Crippen LogP contribution in [0.1, 0.15) is 39.7 Å². The van der Waals surface area contributed by atoms with Gasteiger partial charge >= 0.3 is 0 Å². The molecule has 2 N–H and O–H groups in total. The van der Waals surface area contributed by atoms with Crippen molar-refractivity contribution in [3.8, 4) is 5.75 Å². The SMILES string of the molecule is COc1ccc([C@@]2(O)CCN(CC(=O)NC(C)(C)C)C[C@@H]2C)cc1. The van der Waals surface area contributed by atoms with Gasteiger partial charge in [0.05, 0.1) is 19.3 Å². The van der Waals surface area contributed by atoms with E-state index in [2.05, 4.69) is 10.2 Å². The van der Waals surface area contributed by atoms with Crippen LogP contribution in [-0.4, -0.2) is 48.2 Å². The Bertz CT molecular complexity index is 565. The maximum atomic E-state index is 12.1. The van der Waals surface area contributed by atoms with E-state index in [0.29, 0.717) is 26.1 Å². The minimum absolute atomic E-state index is 0.0320. The van der Waals surface area contributed by atoms with Gasteiger partial charge in [-0.3, -0.25) is 9.69 Å². The predicted molar refractivity (Wildman–Crippen MR) is 95.0 cm³/mol. The maximum absolute atomic E-state index is 12.1. The third kappa shape index (κ3) is 4.48. The number of likely N-dealkylation sites (tertiary alicyclic amines) is 1. The third-order valence-electron chi connectivity index (χ3n) is 4.63. The highest BCUT2D eigenvalue weighted by Gasteiger charge is 2.40. The fourth-order valence-corrected chi connectivity index (χ4v) is 3.32.